The smallest absolute Gasteiger partial charge is 0.412 e. The molecule has 1 aliphatic carbocycles. The second-order valence-corrected chi connectivity index (χ2v) is 8.93. The van der Waals surface area contributed by atoms with Gasteiger partial charge in [-0.1, -0.05) is 48.5 Å². The lowest BCUT2D eigenvalue weighted by molar-refractivity contribution is -0.147. The Morgan fingerprint density at radius 1 is 1.09 bits per heavy atom. The maximum Gasteiger partial charge on any atom is 0.412 e. The number of fused-ring (bicyclic) bond motifs is 3. The standard InChI is InChI=1S/C26H28N4O5/c1-5-30(26(2,3)24(32)33)23(31)20-14-29(4)28-22(20)27-25(34)35-15-21-18-12-8-6-10-16(18)17-11-7-9-13-19(17)21/h6-14,21H,5,15H2,1-4H3,(H,32,33)(H,27,28,34). The van der Waals surface area contributed by atoms with Gasteiger partial charge in [0.05, 0.1) is 0 Å². The van der Waals surface area contributed by atoms with Crippen LogP contribution in [0.4, 0.5) is 10.6 Å². The number of hydrogen-bond acceptors (Lipinski definition) is 5. The van der Waals surface area contributed by atoms with Crippen LogP contribution in [0.5, 0.6) is 0 Å². The molecule has 2 aromatic carbocycles. The highest BCUT2D eigenvalue weighted by Gasteiger charge is 2.38. The summed E-state index contributed by atoms with van der Waals surface area (Å²) < 4.78 is 6.94. The van der Waals surface area contributed by atoms with Crippen LogP contribution in [-0.2, 0) is 16.6 Å². The molecule has 0 fully saturated rings. The van der Waals surface area contributed by atoms with E-state index in [4.69, 9.17) is 4.74 Å². The maximum atomic E-state index is 13.2. The number of likely N-dealkylation sites (N-methyl/N-ethyl adjacent to an activating group) is 1. The third-order valence-corrected chi connectivity index (χ3v) is 6.38. The first-order valence-electron chi connectivity index (χ1n) is 11.4. The first-order chi connectivity index (χ1) is 16.6. The Labute approximate surface area is 203 Å². The molecule has 1 aliphatic rings. The SMILES string of the molecule is CCN(C(=O)c1cn(C)nc1NC(=O)OCC1c2ccccc2-c2ccccc21)C(C)(C)C(=O)O. The lowest BCUT2D eigenvalue weighted by Crippen LogP contribution is -2.53. The number of carbonyl (C=O) groups excluding carboxylic acids is 2. The molecular formula is C26H28N4O5. The number of carboxylic acids is 1. The van der Waals surface area contributed by atoms with E-state index in [1.165, 1.54) is 29.6 Å². The van der Waals surface area contributed by atoms with Gasteiger partial charge in [0.25, 0.3) is 5.91 Å². The fourth-order valence-electron chi connectivity index (χ4n) is 4.52. The minimum Gasteiger partial charge on any atom is -0.480 e. The number of aromatic nitrogens is 2. The van der Waals surface area contributed by atoms with Gasteiger partial charge in [0.15, 0.2) is 5.82 Å². The van der Waals surface area contributed by atoms with Gasteiger partial charge in [-0.15, -0.1) is 0 Å². The van der Waals surface area contributed by atoms with Gasteiger partial charge < -0.3 is 14.7 Å². The van der Waals surface area contributed by atoms with Gasteiger partial charge in [-0.3, -0.25) is 14.8 Å². The van der Waals surface area contributed by atoms with E-state index in [9.17, 15) is 19.5 Å². The van der Waals surface area contributed by atoms with Crippen molar-refractivity contribution in [2.24, 2.45) is 7.05 Å². The van der Waals surface area contributed by atoms with Crippen molar-refractivity contribution in [3.05, 3.63) is 71.4 Å². The number of aryl methyl sites for hydroxylation is 1. The third kappa shape index (κ3) is 4.37. The summed E-state index contributed by atoms with van der Waals surface area (Å²) in [5.41, 5.74) is 3.06. The van der Waals surface area contributed by atoms with Crippen LogP contribution in [-0.4, -0.2) is 56.4 Å². The molecular weight excluding hydrogens is 448 g/mol. The van der Waals surface area contributed by atoms with Crippen LogP contribution in [0, 0.1) is 0 Å². The molecule has 0 spiro atoms. The highest BCUT2D eigenvalue weighted by Crippen LogP contribution is 2.44. The molecule has 1 aromatic heterocycles. The number of anilines is 1. The number of ether oxygens (including phenoxy) is 1. The van der Waals surface area contributed by atoms with Gasteiger partial charge in [0, 0.05) is 25.7 Å². The molecule has 2 amide bonds. The summed E-state index contributed by atoms with van der Waals surface area (Å²) in [6, 6.07) is 16.0. The maximum absolute atomic E-state index is 13.2. The second kappa shape index (κ2) is 9.25. The van der Waals surface area contributed by atoms with Gasteiger partial charge in [-0.25, -0.2) is 9.59 Å². The van der Waals surface area contributed by atoms with Crippen molar-refractivity contribution in [1.82, 2.24) is 14.7 Å². The van der Waals surface area contributed by atoms with Crippen LogP contribution in [0.15, 0.2) is 54.7 Å². The summed E-state index contributed by atoms with van der Waals surface area (Å²) in [6.45, 7) is 4.87. The van der Waals surface area contributed by atoms with E-state index >= 15 is 0 Å². The van der Waals surface area contributed by atoms with Gasteiger partial charge in [0.1, 0.15) is 17.7 Å². The predicted molar refractivity (Wildman–Crippen MR) is 130 cm³/mol. The minimum absolute atomic E-state index is 0.00867. The lowest BCUT2D eigenvalue weighted by Gasteiger charge is -2.34. The molecule has 0 radical (unpaired) electrons. The van der Waals surface area contributed by atoms with Crippen LogP contribution in [0.3, 0.4) is 0 Å². The van der Waals surface area contributed by atoms with E-state index in [1.807, 2.05) is 36.4 Å². The van der Waals surface area contributed by atoms with Gasteiger partial charge >= 0.3 is 12.1 Å². The van der Waals surface area contributed by atoms with Crippen LogP contribution < -0.4 is 5.32 Å². The molecule has 9 nitrogen and oxygen atoms in total. The largest absolute Gasteiger partial charge is 0.480 e. The molecule has 9 heteroatoms. The van der Waals surface area contributed by atoms with Gasteiger partial charge in [-0.05, 0) is 43.0 Å². The number of carbonyl (C=O) groups is 3. The average molecular weight is 477 g/mol. The predicted octanol–water partition coefficient (Wildman–Crippen LogP) is 4.11. The number of amides is 2. The number of aliphatic carboxylic acids is 1. The minimum atomic E-state index is -1.44. The van der Waals surface area contributed by atoms with Crippen molar-refractivity contribution < 1.29 is 24.2 Å². The number of benzene rings is 2. The zero-order valence-electron chi connectivity index (χ0n) is 20.1. The first kappa shape index (κ1) is 24.0. The second-order valence-electron chi connectivity index (χ2n) is 8.93. The molecule has 0 saturated carbocycles. The molecule has 2 N–H and O–H groups in total. The van der Waals surface area contributed by atoms with Crippen LogP contribution in [0.2, 0.25) is 0 Å². The molecule has 0 bridgehead atoms. The molecule has 3 aromatic rings. The molecule has 35 heavy (non-hydrogen) atoms. The van der Waals surface area contributed by atoms with E-state index < -0.39 is 23.5 Å². The molecule has 0 saturated heterocycles. The van der Waals surface area contributed by atoms with Crippen molar-refractivity contribution in [3.63, 3.8) is 0 Å². The van der Waals surface area contributed by atoms with Crippen LogP contribution in [0.1, 0.15) is 48.2 Å². The number of carboxylic acid groups (broad SMARTS) is 1. The van der Waals surface area contributed by atoms with Crippen molar-refractivity contribution in [2.75, 3.05) is 18.5 Å². The van der Waals surface area contributed by atoms with Crippen LogP contribution >= 0.6 is 0 Å². The number of nitrogens with zero attached hydrogens (tertiary/aromatic N) is 3. The molecule has 4 rings (SSSR count). The Hall–Kier alpha value is -4.14. The monoisotopic (exact) mass is 476 g/mol. The van der Waals surface area contributed by atoms with Crippen molar-refractivity contribution >= 4 is 23.8 Å². The Kier molecular flexibility index (Phi) is 6.34. The summed E-state index contributed by atoms with van der Waals surface area (Å²) in [5, 5.41) is 16.3. The van der Waals surface area contributed by atoms with Crippen molar-refractivity contribution in [3.8, 4) is 11.1 Å². The number of rotatable bonds is 7. The van der Waals surface area contributed by atoms with E-state index in [0.717, 1.165) is 22.3 Å². The number of hydrogen-bond donors (Lipinski definition) is 2. The van der Waals surface area contributed by atoms with Crippen molar-refractivity contribution in [2.45, 2.75) is 32.2 Å². The topological polar surface area (TPSA) is 114 Å². The summed E-state index contributed by atoms with van der Waals surface area (Å²) in [6.07, 6.45) is 0.697. The summed E-state index contributed by atoms with van der Waals surface area (Å²) >= 11 is 0. The Balaban J connectivity index is 1.51. The van der Waals surface area contributed by atoms with Gasteiger partial charge in [-0.2, -0.15) is 5.10 Å². The van der Waals surface area contributed by atoms with E-state index in [2.05, 4.69) is 22.5 Å². The summed E-state index contributed by atoms with van der Waals surface area (Å²) in [7, 11) is 1.61. The fraction of sp³-hybridized carbons (Fsp3) is 0.308. The fourth-order valence-corrected chi connectivity index (χ4v) is 4.52. The highest BCUT2D eigenvalue weighted by atomic mass is 16.5. The zero-order chi connectivity index (χ0) is 25.3. The number of nitrogens with one attached hydrogen (secondary N) is 1. The molecule has 182 valence electrons. The van der Waals surface area contributed by atoms with Crippen molar-refractivity contribution in [1.29, 1.82) is 0 Å². The first-order valence-corrected chi connectivity index (χ1v) is 11.4. The lowest BCUT2D eigenvalue weighted by atomic mass is 9.98. The van der Waals surface area contributed by atoms with E-state index in [0.29, 0.717) is 0 Å². The Morgan fingerprint density at radius 3 is 2.20 bits per heavy atom. The quantitative estimate of drug-likeness (QED) is 0.531. The molecule has 0 aliphatic heterocycles. The third-order valence-electron chi connectivity index (χ3n) is 6.38. The van der Waals surface area contributed by atoms with Gasteiger partial charge in [0.2, 0.25) is 0 Å². The Bertz CT molecular complexity index is 1250. The zero-order valence-corrected chi connectivity index (χ0v) is 20.1. The Morgan fingerprint density at radius 2 is 1.66 bits per heavy atom. The average Bonchev–Trinajstić information content (AvgIpc) is 3.35. The summed E-state index contributed by atoms with van der Waals surface area (Å²) in [4.78, 5) is 38.8. The van der Waals surface area contributed by atoms with E-state index in [-0.39, 0.29) is 30.5 Å². The molecule has 0 atom stereocenters. The van der Waals surface area contributed by atoms with E-state index in [1.54, 1.807) is 14.0 Å². The van der Waals surface area contributed by atoms with Crippen LogP contribution in [0.25, 0.3) is 11.1 Å². The molecule has 0 unspecified atom stereocenters. The molecule has 1 heterocycles. The normalized spacial score (nSPS) is 12.6. The highest BCUT2D eigenvalue weighted by molar-refractivity contribution is 6.03. The summed E-state index contributed by atoms with van der Waals surface area (Å²) in [5.74, 6) is -1.79.